The van der Waals surface area contributed by atoms with Crippen LogP contribution in [-0.4, -0.2) is 10.8 Å². The molecule has 0 fully saturated rings. The maximum absolute atomic E-state index is 12.2. The fourth-order valence-corrected chi connectivity index (χ4v) is 2.82. The Morgan fingerprint density at radius 2 is 1.72 bits per heavy atom. The van der Waals surface area contributed by atoms with Gasteiger partial charge in [-0.1, -0.05) is 56.1 Å². The topological polar surface area (TPSA) is 30.0 Å². The number of pyridine rings is 1. The third-order valence-corrected chi connectivity index (χ3v) is 4.83. The third-order valence-electron chi connectivity index (χ3n) is 4.09. The summed E-state index contributed by atoms with van der Waals surface area (Å²) in [6.45, 7) is 6.73. The SMILES string of the molecule is CC(C)(C)CCc1ccc(CCC(=O)Cc2ccc(Cl)c(Cl)c2)nc1. The Bertz CT molecular complexity index is 718. The van der Waals surface area contributed by atoms with Crippen LogP contribution in [0.5, 0.6) is 0 Å². The molecular weight excluding hydrogens is 353 g/mol. The number of ketones is 1. The molecule has 4 heteroatoms. The van der Waals surface area contributed by atoms with E-state index in [9.17, 15) is 4.79 Å². The lowest BCUT2D eigenvalue weighted by Gasteiger charge is -2.17. The Morgan fingerprint density at radius 1 is 1.00 bits per heavy atom. The molecule has 1 aromatic carbocycles. The number of rotatable bonds is 7. The largest absolute Gasteiger partial charge is 0.299 e. The predicted octanol–water partition coefficient (Wildman–Crippen LogP) is 6.11. The van der Waals surface area contributed by atoms with E-state index in [-0.39, 0.29) is 5.78 Å². The van der Waals surface area contributed by atoms with Crippen molar-refractivity contribution in [3.63, 3.8) is 0 Å². The van der Waals surface area contributed by atoms with E-state index in [1.165, 1.54) is 5.56 Å². The number of halogens is 2. The molecule has 0 saturated carbocycles. The van der Waals surface area contributed by atoms with Gasteiger partial charge in [-0.3, -0.25) is 9.78 Å². The zero-order chi connectivity index (χ0) is 18.4. The number of carbonyl (C=O) groups is 1. The zero-order valence-electron chi connectivity index (χ0n) is 15.1. The summed E-state index contributed by atoms with van der Waals surface area (Å²) in [4.78, 5) is 16.7. The first-order chi connectivity index (χ1) is 11.7. The van der Waals surface area contributed by atoms with Crippen LogP contribution in [-0.2, 0) is 24.1 Å². The fourth-order valence-electron chi connectivity index (χ4n) is 2.50. The van der Waals surface area contributed by atoms with Gasteiger partial charge >= 0.3 is 0 Å². The number of aryl methyl sites for hydroxylation is 2. The van der Waals surface area contributed by atoms with Crippen LogP contribution in [0.25, 0.3) is 0 Å². The van der Waals surface area contributed by atoms with Crippen molar-refractivity contribution in [1.29, 1.82) is 0 Å². The van der Waals surface area contributed by atoms with Gasteiger partial charge in [-0.25, -0.2) is 0 Å². The van der Waals surface area contributed by atoms with Gasteiger partial charge in [0.25, 0.3) is 0 Å². The van der Waals surface area contributed by atoms with Gasteiger partial charge in [0, 0.05) is 24.7 Å². The second-order valence-electron chi connectivity index (χ2n) is 7.68. The Labute approximate surface area is 160 Å². The molecule has 0 saturated heterocycles. The summed E-state index contributed by atoms with van der Waals surface area (Å²) in [5.74, 6) is 0.178. The molecule has 25 heavy (non-hydrogen) atoms. The molecule has 0 spiro atoms. The number of carbonyl (C=O) groups excluding carboxylic acids is 1. The van der Waals surface area contributed by atoms with Gasteiger partial charge in [-0.15, -0.1) is 0 Å². The quantitative estimate of drug-likeness (QED) is 0.582. The van der Waals surface area contributed by atoms with Gasteiger partial charge in [0.1, 0.15) is 5.78 Å². The highest BCUT2D eigenvalue weighted by Crippen LogP contribution is 2.23. The van der Waals surface area contributed by atoms with Crippen LogP contribution in [0.1, 0.15) is 50.4 Å². The first kappa shape index (κ1) is 19.9. The van der Waals surface area contributed by atoms with Crippen LogP contribution >= 0.6 is 23.2 Å². The maximum atomic E-state index is 12.2. The molecule has 2 rings (SSSR count). The molecule has 0 amide bonds. The molecule has 0 aliphatic carbocycles. The number of aromatic nitrogens is 1. The summed E-state index contributed by atoms with van der Waals surface area (Å²) in [6, 6.07) is 9.48. The molecule has 1 heterocycles. The second kappa shape index (κ2) is 8.82. The highest BCUT2D eigenvalue weighted by atomic mass is 35.5. The average molecular weight is 378 g/mol. The molecule has 0 bridgehead atoms. The van der Waals surface area contributed by atoms with Crippen LogP contribution < -0.4 is 0 Å². The lowest BCUT2D eigenvalue weighted by atomic mass is 9.89. The molecule has 0 atom stereocenters. The number of nitrogens with zero attached hydrogens (tertiary/aromatic N) is 1. The van der Waals surface area contributed by atoms with Gasteiger partial charge < -0.3 is 0 Å². The minimum absolute atomic E-state index is 0.178. The van der Waals surface area contributed by atoms with Crippen molar-refractivity contribution >= 4 is 29.0 Å². The number of Topliss-reactive ketones (excluding diaryl/α,β-unsaturated/α-hetero) is 1. The summed E-state index contributed by atoms with van der Waals surface area (Å²) in [7, 11) is 0. The highest BCUT2D eigenvalue weighted by molar-refractivity contribution is 6.42. The van der Waals surface area contributed by atoms with Crippen molar-refractivity contribution in [2.24, 2.45) is 5.41 Å². The molecule has 1 aromatic heterocycles. The lowest BCUT2D eigenvalue weighted by molar-refractivity contribution is -0.118. The first-order valence-electron chi connectivity index (χ1n) is 8.62. The Kier molecular flexibility index (Phi) is 7.04. The van der Waals surface area contributed by atoms with Crippen LogP contribution in [0.2, 0.25) is 10.0 Å². The average Bonchev–Trinajstić information content (AvgIpc) is 2.55. The molecule has 2 nitrogen and oxygen atoms in total. The maximum Gasteiger partial charge on any atom is 0.137 e. The Hall–Kier alpha value is -1.38. The van der Waals surface area contributed by atoms with E-state index in [0.717, 1.165) is 24.1 Å². The van der Waals surface area contributed by atoms with E-state index < -0.39 is 0 Å². The van der Waals surface area contributed by atoms with E-state index in [1.54, 1.807) is 12.1 Å². The van der Waals surface area contributed by atoms with Gasteiger partial charge in [0.2, 0.25) is 0 Å². The van der Waals surface area contributed by atoms with Crippen LogP contribution in [0.4, 0.5) is 0 Å². The first-order valence-corrected chi connectivity index (χ1v) is 9.38. The van der Waals surface area contributed by atoms with Crippen molar-refractivity contribution in [3.05, 3.63) is 63.4 Å². The summed E-state index contributed by atoms with van der Waals surface area (Å²) < 4.78 is 0. The van der Waals surface area contributed by atoms with Crippen molar-refractivity contribution in [1.82, 2.24) is 4.98 Å². The molecule has 0 unspecified atom stereocenters. The summed E-state index contributed by atoms with van der Waals surface area (Å²) in [5.41, 5.74) is 3.43. The van der Waals surface area contributed by atoms with Crippen LogP contribution in [0, 0.1) is 5.41 Å². The van der Waals surface area contributed by atoms with Gasteiger partial charge in [0.15, 0.2) is 0 Å². The molecule has 0 radical (unpaired) electrons. The second-order valence-corrected chi connectivity index (χ2v) is 8.50. The van der Waals surface area contributed by atoms with Crippen molar-refractivity contribution in [2.75, 3.05) is 0 Å². The van der Waals surface area contributed by atoms with E-state index in [4.69, 9.17) is 23.2 Å². The van der Waals surface area contributed by atoms with E-state index in [1.807, 2.05) is 18.3 Å². The molecule has 134 valence electrons. The highest BCUT2D eigenvalue weighted by Gasteiger charge is 2.10. The number of hydrogen-bond acceptors (Lipinski definition) is 2. The van der Waals surface area contributed by atoms with Crippen molar-refractivity contribution in [3.8, 4) is 0 Å². The van der Waals surface area contributed by atoms with Gasteiger partial charge in [-0.2, -0.15) is 0 Å². The van der Waals surface area contributed by atoms with Crippen LogP contribution in [0.3, 0.4) is 0 Å². The minimum Gasteiger partial charge on any atom is -0.299 e. The fraction of sp³-hybridized carbons (Fsp3) is 0.429. The van der Waals surface area contributed by atoms with Gasteiger partial charge in [0.05, 0.1) is 10.0 Å². The minimum atomic E-state index is 0.178. The number of benzene rings is 1. The van der Waals surface area contributed by atoms with Crippen molar-refractivity contribution < 1.29 is 4.79 Å². The predicted molar refractivity (Wildman–Crippen MR) is 106 cm³/mol. The Morgan fingerprint density at radius 3 is 2.32 bits per heavy atom. The number of hydrogen-bond donors (Lipinski definition) is 0. The molecule has 0 aliphatic rings. The summed E-state index contributed by atoms with van der Waals surface area (Å²) >= 11 is 11.9. The third kappa shape index (κ3) is 7.17. The smallest absolute Gasteiger partial charge is 0.137 e. The lowest BCUT2D eigenvalue weighted by Crippen LogP contribution is -2.07. The molecule has 0 aliphatic heterocycles. The van der Waals surface area contributed by atoms with E-state index >= 15 is 0 Å². The molecular formula is C21H25Cl2NO. The van der Waals surface area contributed by atoms with Crippen LogP contribution in [0.15, 0.2) is 36.5 Å². The van der Waals surface area contributed by atoms with E-state index in [2.05, 4.69) is 31.8 Å². The zero-order valence-corrected chi connectivity index (χ0v) is 16.6. The normalized spacial score (nSPS) is 11.6. The van der Waals surface area contributed by atoms with Gasteiger partial charge in [-0.05, 0) is 54.0 Å². The standard InChI is InChI=1S/C21H25Cl2NO/c1-21(2,3)11-10-15-4-6-17(24-14-15)7-8-18(25)12-16-5-9-19(22)20(23)13-16/h4-6,9,13-14H,7-8,10-12H2,1-3H3. The molecule has 2 aromatic rings. The van der Waals surface area contributed by atoms with Crippen molar-refractivity contribution in [2.45, 2.75) is 52.9 Å². The molecule has 0 N–H and O–H groups in total. The Balaban J connectivity index is 1.82. The summed E-state index contributed by atoms with van der Waals surface area (Å²) in [5, 5.41) is 0.994. The monoisotopic (exact) mass is 377 g/mol. The van der Waals surface area contributed by atoms with E-state index in [0.29, 0.717) is 34.7 Å². The summed E-state index contributed by atoms with van der Waals surface area (Å²) in [6.07, 6.45) is 5.63.